The highest BCUT2D eigenvalue weighted by molar-refractivity contribution is 5.87. The Labute approximate surface area is 127 Å². The van der Waals surface area contributed by atoms with Crippen LogP contribution in [-0.2, 0) is 6.54 Å². The van der Waals surface area contributed by atoms with E-state index in [9.17, 15) is 4.79 Å². The van der Waals surface area contributed by atoms with Crippen molar-refractivity contribution in [2.24, 2.45) is 11.8 Å². The number of rotatable bonds is 7. The molecule has 2 unspecified atom stereocenters. The molecule has 2 rings (SSSR count). The van der Waals surface area contributed by atoms with E-state index < -0.39 is 5.97 Å². The zero-order valence-electron chi connectivity index (χ0n) is 13.0. The van der Waals surface area contributed by atoms with Gasteiger partial charge in [0.1, 0.15) is 0 Å². The molecule has 1 aliphatic rings. The topological polar surface area (TPSA) is 49.3 Å². The van der Waals surface area contributed by atoms with Crippen molar-refractivity contribution in [3.05, 3.63) is 35.4 Å². The molecule has 116 valence electrons. The molecule has 0 aromatic heterocycles. The molecule has 0 saturated heterocycles. The second-order valence-corrected chi connectivity index (χ2v) is 6.23. The van der Waals surface area contributed by atoms with Crippen molar-refractivity contribution in [2.45, 2.75) is 52.0 Å². The molecule has 0 spiro atoms. The summed E-state index contributed by atoms with van der Waals surface area (Å²) in [5, 5.41) is 12.4. The third-order valence-corrected chi connectivity index (χ3v) is 4.66. The minimum absolute atomic E-state index is 0.356. The zero-order valence-corrected chi connectivity index (χ0v) is 13.0. The lowest BCUT2D eigenvalue weighted by atomic mass is 9.77. The predicted octanol–water partition coefficient (Wildman–Crippen LogP) is 4.08. The Bertz CT molecular complexity index is 439. The largest absolute Gasteiger partial charge is 0.478 e. The fourth-order valence-electron chi connectivity index (χ4n) is 3.47. The highest BCUT2D eigenvalue weighted by atomic mass is 16.4. The monoisotopic (exact) mass is 289 g/mol. The molecule has 2 atom stereocenters. The van der Waals surface area contributed by atoms with Crippen molar-refractivity contribution in [3.8, 4) is 0 Å². The fourth-order valence-corrected chi connectivity index (χ4v) is 3.47. The number of nitrogens with one attached hydrogen (secondary N) is 1. The van der Waals surface area contributed by atoms with Gasteiger partial charge < -0.3 is 10.4 Å². The van der Waals surface area contributed by atoms with Gasteiger partial charge in [-0.2, -0.15) is 0 Å². The van der Waals surface area contributed by atoms with Gasteiger partial charge in [0, 0.05) is 6.54 Å². The lowest BCUT2D eigenvalue weighted by molar-refractivity contribution is 0.0697. The molecule has 21 heavy (non-hydrogen) atoms. The molecule has 2 N–H and O–H groups in total. The van der Waals surface area contributed by atoms with Gasteiger partial charge in [-0.3, -0.25) is 0 Å². The van der Waals surface area contributed by atoms with Crippen LogP contribution >= 0.6 is 0 Å². The van der Waals surface area contributed by atoms with Gasteiger partial charge in [-0.25, -0.2) is 4.79 Å². The number of carbonyl (C=O) groups is 1. The van der Waals surface area contributed by atoms with E-state index in [0.29, 0.717) is 5.56 Å². The Morgan fingerprint density at radius 3 is 2.48 bits per heavy atom. The molecule has 1 saturated carbocycles. The molecule has 3 nitrogen and oxygen atoms in total. The van der Waals surface area contributed by atoms with Crippen LogP contribution in [0.5, 0.6) is 0 Å². The van der Waals surface area contributed by atoms with E-state index in [2.05, 4.69) is 12.2 Å². The molecule has 1 fully saturated rings. The Morgan fingerprint density at radius 2 is 1.86 bits per heavy atom. The summed E-state index contributed by atoms with van der Waals surface area (Å²) in [4.78, 5) is 10.8. The summed E-state index contributed by atoms with van der Waals surface area (Å²) in [6.45, 7) is 4.20. The number of hydrogen-bond acceptors (Lipinski definition) is 2. The number of carboxylic acids is 1. The minimum Gasteiger partial charge on any atom is -0.478 e. The van der Waals surface area contributed by atoms with E-state index in [4.69, 9.17) is 5.11 Å². The lowest BCUT2D eigenvalue weighted by Crippen LogP contribution is -2.30. The average molecular weight is 289 g/mol. The third-order valence-electron chi connectivity index (χ3n) is 4.66. The van der Waals surface area contributed by atoms with Crippen molar-refractivity contribution < 1.29 is 9.90 Å². The fraction of sp³-hybridized carbons (Fsp3) is 0.611. The van der Waals surface area contributed by atoms with Crippen LogP contribution in [0.4, 0.5) is 0 Å². The van der Waals surface area contributed by atoms with Gasteiger partial charge >= 0.3 is 5.97 Å². The number of aromatic carboxylic acids is 1. The number of hydrogen-bond donors (Lipinski definition) is 2. The van der Waals surface area contributed by atoms with Gasteiger partial charge in [0.25, 0.3) is 0 Å². The minimum atomic E-state index is -0.862. The van der Waals surface area contributed by atoms with E-state index in [1.54, 1.807) is 12.1 Å². The quantitative estimate of drug-likeness (QED) is 0.795. The molecule has 0 radical (unpaired) electrons. The summed E-state index contributed by atoms with van der Waals surface area (Å²) in [6.07, 6.45) is 8.18. The van der Waals surface area contributed by atoms with Crippen LogP contribution in [0.25, 0.3) is 0 Å². The van der Waals surface area contributed by atoms with Crippen molar-refractivity contribution in [1.82, 2.24) is 5.32 Å². The van der Waals surface area contributed by atoms with Gasteiger partial charge in [0.2, 0.25) is 0 Å². The normalized spacial score (nSPS) is 22.1. The molecule has 1 aromatic rings. The van der Waals surface area contributed by atoms with Crippen LogP contribution in [0.1, 0.15) is 61.4 Å². The van der Waals surface area contributed by atoms with Gasteiger partial charge in [-0.05, 0) is 42.5 Å². The Kier molecular flexibility index (Phi) is 6.24. The van der Waals surface area contributed by atoms with Crippen LogP contribution in [0.2, 0.25) is 0 Å². The molecule has 3 heteroatoms. The van der Waals surface area contributed by atoms with Crippen molar-refractivity contribution >= 4 is 5.97 Å². The second kappa shape index (κ2) is 8.18. The SMILES string of the molecule is CCCC1CCCCC1CNCc1ccc(C(=O)O)cc1. The van der Waals surface area contributed by atoms with Crippen molar-refractivity contribution in [2.75, 3.05) is 6.54 Å². The van der Waals surface area contributed by atoms with Crippen LogP contribution in [0, 0.1) is 11.8 Å². The molecule has 0 aliphatic heterocycles. The summed E-state index contributed by atoms with van der Waals surface area (Å²) >= 11 is 0. The maximum Gasteiger partial charge on any atom is 0.335 e. The summed E-state index contributed by atoms with van der Waals surface area (Å²) in [6, 6.07) is 7.17. The number of benzene rings is 1. The van der Waals surface area contributed by atoms with Crippen LogP contribution in [0.15, 0.2) is 24.3 Å². The first-order chi connectivity index (χ1) is 10.2. The second-order valence-electron chi connectivity index (χ2n) is 6.23. The molecular formula is C18H27NO2. The van der Waals surface area contributed by atoms with Gasteiger partial charge in [0.15, 0.2) is 0 Å². The Balaban J connectivity index is 1.78. The van der Waals surface area contributed by atoms with Crippen molar-refractivity contribution in [1.29, 1.82) is 0 Å². The number of carboxylic acid groups (broad SMARTS) is 1. The van der Waals surface area contributed by atoms with E-state index in [-0.39, 0.29) is 0 Å². The van der Waals surface area contributed by atoms with E-state index >= 15 is 0 Å². The maximum absolute atomic E-state index is 10.8. The average Bonchev–Trinajstić information content (AvgIpc) is 2.50. The van der Waals surface area contributed by atoms with Crippen LogP contribution < -0.4 is 5.32 Å². The molecule has 1 aromatic carbocycles. The standard InChI is InChI=1S/C18H27NO2/c1-2-5-15-6-3-4-7-17(15)13-19-12-14-8-10-16(11-9-14)18(20)21/h8-11,15,17,19H,2-7,12-13H2,1H3,(H,20,21). The van der Waals surface area contributed by atoms with E-state index in [1.165, 1.54) is 38.5 Å². The molecule has 0 bridgehead atoms. The Hall–Kier alpha value is -1.35. The predicted molar refractivity (Wildman–Crippen MR) is 85.5 cm³/mol. The first-order valence-electron chi connectivity index (χ1n) is 8.23. The smallest absolute Gasteiger partial charge is 0.335 e. The van der Waals surface area contributed by atoms with Crippen LogP contribution in [-0.4, -0.2) is 17.6 Å². The molecule has 1 aliphatic carbocycles. The highest BCUT2D eigenvalue weighted by Gasteiger charge is 2.23. The van der Waals surface area contributed by atoms with Gasteiger partial charge in [-0.1, -0.05) is 51.2 Å². The zero-order chi connectivity index (χ0) is 15.1. The van der Waals surface area contributed by atoms with Gasteiger partial charge in [-0.15, -0.1) is 0 Å². The molecule has 0 amide bonds. The highest BCUT2D eigenvalue weighted by Crippen LogP contribution is 2.32. The van der Waals surface area contributed by atoms with Gasteiger partial charge in [0.05, 0.1) is 5.56 Å². The Morgan fingerprint density at radius 1 is 1.19 bits per heavy atom. The summed E-state index contributed by atoms with van der Waals surface area (Å²) < 4.78 is 0. The van der Waals surface area contributed by atoms with Crippen LogP contribution in [0.3, 0.4) is 0 Å². The first-order valence-corrected chi connectivity index (χ1v) is 8.23. The maximum atomic E-state index is 10.8. The third kappa shape index (κ3) is 4.85. The summed E-state index contributed by atoms with van der Waals surface area (Å²) in [5.74, 6) is 0.849. The van der Waals surface area contributed by atoms with Crippen molar-refractivity contribution in [3.63, 3.8) is 0 Å². The molecule has 0 heterocycles. The summed E-state index contributed by atoms with van der Waals surface area (Å²) in [7, 11) is 0. The summed E-state index contributed by atoms with van der Waals surface area (Å²) in [5.41, 5.74) is 1.51. The lowest BCUT2D eigenvalue weighted by Gasteiger charge is -2.31. The van der Waals surface area contributed by atoms with E-state index in [0.717, 1.165) is 30.5 Å². The molecular weight excluding hydrogens is 262 g/mol. The first kappa shape index (κ1) is 16.0. The van der Waals surface area contributed by atoms with E-state index in [1.807, 2.05) is 12.1 Å².